The molecule has 0 saturated carbocycles. The largest absolute Gasteiger partial charge is 0.395 e. The zero-order valence-corrected chi connectivity index (χ0v) is 13.1. The van der Waals surface area contributed by atoms with E-state index in [1.165, 1.54) is 10.4 Å². The van der Waals surface area contributed by atoms with Crippen LogP contribution in [0.15, 0.2) is 5.16 Å². The topological polar surface area (TPSA) is 62.7 Å². The summed E-state index contributed by atoms with van der Waals surface area (Å²) in [5, 5.41) is 10.5. The third-order valence-corrected chi connectivity index (χ3v) is 5.07. The van der Waals surface area contributed by atoms with E-state index in [0.29, 0.717) is 6.61 Å². The Balaban J connectivity index is 1.79. The number of nitrogens with zero attached hydrogens (tertiary/aromatic N) is 1. The van der Waals surface area contributed by atoms with Gasteiger partial charge in [0, 0.05) is 36.5 Å². The first-order valence-corrected chi connectivity index (χ1v) is 8.45. The minimum Gasteiger partial charge on any atom is -0.395 e. The lowest BCUT2D eigenvalue weighted by Gasteiger charge is -2.07. The minimum atomic E-state index is 0.0371. The van der Waals surface area contributed by atoms with Crippen molar-refractivity contribution in [1.29, 1.82) is 0 Å². The smallest absolute Gasteiger partial charge is 0.262 e. The summed E-state index contributed by atoms with van der Waals surface area (Å²) in [6, 6.07) is 0. The molecule has 114 valence electrons. The Hall–Kier alpha value is -1.40. The normalized spacial score (nSPS) is 16.5. The van der Waals surface area contributed by atoms with Gasteiger partial charge in [0.05, 0.1) is 5.71 Å². The molecule has 1 aromatic rings. The van der Waals surface area contributed by atoms with E-state index in [1.54, 1.807) is 11.3 Å². The number of carbonyl (C=O) groups excluding carboxylic acids is 1. The molecule has 3 rings (SSSR count). The van der Waals surface area contributed by atoms with Crippen LogP contribution in [0.5, 0.6) is 0 Å². The molecule has 6 heteroatoms. The first-order valence-electron chi connectivity index (χ1n) is 7.64. The van der Waals surface area contributed by atoms with Crippen LogP contribution in [-0.4, -0.2) is 24.8 Å². The Bertz CT molecular complexity index is 566. The predicted molar refractivity (Wildman–Crippen MR) is 83.8 cm³/mol. The SMILES string of the molecule is CCCCCNC(=O)c1sc2c(c1C1=NOCC1)CNC2. The summed E-state index contributed by atoms with van der Waals surface area (Å²) in [5.41, 5.74) is 3.18. The van der Waals surface area contributed by atoms with E-state index in [9.17, 15) is 4.79 Å². The maximum atomic E-state index is 12.5. The van der Waals surface area contributed by atoms with Gasteiger partial charge in [0.25, 0.3) is 5.91 Å². The maximum Gasteiger partial charge on any atom is 0.262 e. The van der Waals surface area contributed by atoms with Crippen LogP contribution in [0.3, 0.4) is 0 Å². The van der Waals surface area contributed by atoms with Crippen molar-refractivity contribution in [3.05, 3.63) is 20.9 Å². The second kappa shape index (κ2) is 6.58. The summed E-state index contributed by atoms with van der Waals surface area (Å²) < 4.78 is 0. The molecular formula is C15H21N3O2S. The van der Waals surface area contributed by atoms with Gasteiger partial charge >= 0.3 is 0 Å². The molecule has 0 unspecified atom stereocenters. The molecule has 2 N–H and O–H groups in total. The molecule has 1 aromatic heterocycles. The van der Waals surface area contributed by atoms with Gasteiger partial charge in [-0.15, -0.1) is 11.3 Å². The van der Waals surface area contributed by atoms with Crippen molar-refractivity contribution in [2.75, 3.05) is 13.2 Å². The fraction of sp³-hybridized carbons (Fsp3) is 0.600. The zero-order chi connectivity index (χ0) is 14.7. The number of unbranched alkanes of at least 4 members (excludes halogenated alkanes) is 2. The third kappa shape index (κ3) is 2.96. The molecule has 2 aliphatic heterocycles. The van der Waals surface area contributed by atoms with Crippen LogP contribution in [0, 0.1) is 0 Å². The first kappa shape index (κ1) is 14.5. The molecule has 0 aliphatic carbocycles. The number of hydrogen-bond donors (Lipinski definition) is 2. The second-order valence-electron chi connectivity index (χ2n) is 5.40. The summed E-state index contributed by atoms with van der Waals surface area (Å²) in [6.45, 7) is 5.20. The minimum absolute atomic E-state index is 0.0371. The van der Waals surface area contributed by atoms with Crippen molar-refractivity contribution in [1.82, 2.24) is 10.6 Å². The van der Waals surface area contributed by atoms with Gasteiger partial charge in [-0.25, -0.2) is 0 Å². The number of thiophene rings is 1. The molecule has 0 radical (unpaired) electrons. The van der Waals surface area contributed by atoms with Crippen LogP contribution in [0.2, 0.25) is 0 Å². The number of hydrogen-bond acceptors (Lipinski definition) is 5. The number of carbonyl (C=O) groups is 1. The molecule has 2 aliphatic rings. The van der Waals surface area contributed by atoms with Gasteiger partial charge in [0.2, 0.25) is 0 Å². The monoisotopic (exact) mass is 307 g/mol. The lowest BCUT2D eigenvalue weighted by Crippen LogP contribution is -2.25. The summed E-state index contributed by atoms with van der Waals surface area (Å²) in [7, 11) is 0. The molecular weight excluding hydrogens is 286 g/mol. The van der Waals surface area contributed by atoms with Gasteiger partial charge < -0.3 is 15.5 Å². The molecule has 0 atom stereocenters. The average molecular weight is 307 g/mol. The molecule has 0 bridgehead atoms. The number of amides is 1. The van der Waals surface area contributed by atoms with E-state index < -0.39 is 0 Å². The molecule has 0 saturated heterocycles. The Morgan fingerprint density at radius 3 is 3.10 bits per heavy atom. The van der Waals surface area contributed by atoms with Gasteiger partial charge in [-0.3, -0.25) is 4.79 Å². The van der Waals surface area contributed by atoms with Crippen LogP contribution in [0.25, 0.3) is 0 Å². The van der Waals surface area contributed by atoms with Gasteiger partial charge in [-0.05, 0) is 12.0 Å². The summed E-state index contributed by atoms with van der Waals surface area (Å²) in [5.74, 6) is 0.0371. The summed E-state index contributed by atoms with van der Waals surface area (Å²) in [4.78, 5) is 19.7. The molecule has 3 heterocycles. The van der Waals surface area contributed by atoms with Gasteiger partial charge in [-0.2, -0.15) is 0 Å². The van der Waals surface area contributed by atoms with Crippen LogP contribution in [0.4, 0.5) is 0 Å². The lowest BCUT2D eigenvalue weighted by atomic mass is 10.0. The lowest BCUT2D eigenvalue weighted by molar-refractivity contribution is 0.0957. The fourth-order valence-electron chi connectivity index (χ4n) is 2.75. The maximum absolute atomic E-state index is 12.5. The van der Waals surface area contributed by atoms with Crippen LogP contribution >= 0.6 is 11.3 Å². The van der Waals surface area contributed by atoms with E-state index in [2.05, 4.69) is 22.7 Å². The highest BCUT2D eigenvalue weighted by atomic mass is 32.1. The predicted octanol–water partition coefficient (Wildman–Crippen LogP) is 2.40. The third-order valence-electron chi connectivity index (χ3n) is 3.84. The number of nitrogens with one attached hydrogen (secondary N) is 2. The van der Waals surface area contributed by atoms with Crippen molar-refractivity contribution in [3.63, 3.8) is 0 Å². The summed E-state index contributed by atoms with van der Waals surface area (Å²) >= 11 is 1.60. The van der Waals surface area contributed by atoms with E-state index in [0.717, 1.165) is 61.5 Å². The van der Waals surface area contributed by atoms with Crippen molar-refractivity contribution < 1.29 is 9.63 Å². The summed E-state index contributed by atoms with van der Waals surface area (Å²) in [6.07, 6.45) is 4.14. The highest BCUT2D eigenvalue weighted by Crippen LogP contribution is 2.34. The van der Waals surface area contributed by atoms with Gasteiger partial charge in [0.1, 0.15) is 11.5 Å². The number of fused-ring (bicyclic) bond motifs is 1. The van der Waals surface area contributed by atoms with E-state index in [1.807, 2.05) is 0 Å². The van der Waals surface area contributed by atoms with E-state index >= 15 is 0 Å². The Morgan fingerprint density at radius 1 is 1.43 bits per heavy atom. The molecule has 0 fully saturated rings. The standard InChI is InChI=1S/C15H21N3O2S/c1-2-3-4-6-17-15(19)14-13(11-5-7-20-18-11)10-8-16-9-12(10)21-14/h16H,2-9H2,1H3,(H,17,19). The number of rotatable bonds is 6. The van der Waals surface area contributed by atoms with Crippen molar-refractivity contribution in [2.45, 2.75) is 45.7 Å². The molecule has 5 nitrogen and oxygen atoms in total. The molecule has 0 aromatic carbocycles. The van der Waals surface area contributed by atoms with E-state index in [4.69, 9.17) is 4.84 Å². The Labute approximate surface area is 128 Å². The van der Waals surface area contributed by atoms with Crippen LogP contribution < -0.4 is 10.6 Å². The van der Waals surface area contributed by atoms with E-state index in [-0.39, 0.29) is 5.91 Å². The molecule has 21 heavy (non-hydrogen) atoms. The molecule has 0 spiro atoms. The van der Waals surface area contributed by atoms with Crippen molar-refractivity contribution in [2.24, 2.45) is 5.16 Å². The van der Waals surface area contributed by atoms with Gasteiger partial charge in [0.15, 0.2) is 0 Å². The van der Waals surface area contributed by atoms with Crippen LogP contribution in [0.1, 0.15) is 58.3 Å². The van der Waals surface area contributed by atoms with Crippen LogP contribution in [-0.2, 0) is 17.9 Å². The van der Waals surface area contributed by atoms with Crippen molar-refractivity contribution in [3.8, 4) is 0 Å². The van der Waals surface area contributed by atoms with Crippen molar-refractivity contribution >= 4 is 23.0 Å². The first-order chi connectivity index (χ1) is 10.3. The quantitative estimate of drug-likeness (QED) is 0.793. The Kier molecular flexibility index (Phi) is 4.55. The average Bonchev–Trinajstić information content (AvgIpc) is 3.17. The Morgan fingerprint density at radius 2 is 2.33 bits per heavy atom. The fourth-order valence-corrected chi connectivity index (χ4v) is 3.97. The number of oxime groups is 1. The van der Waals surface area contributed by atoms with Gasteiger partial charge in [-0.1, -0.05) is 24.9 Å². The second-order valence-corrected chi connectivity index (χ2v) is 6.50. The highest BCUT2D eigenvalue weighted by molar-refractivity contribution is 7.14. The zero-order valence-electron chi connectivity index (χ0n) is 12.3. The molecule has 1 amide bonds. The highest BCUT2D eigenvalue weighted by Gasteiger charge is 2.29.